The zero-order valence-corrected chi connectivity index (χ0v) is 13.7. The van der Waals surface area contributed by atoms with E-state index in [9.17, 15) is 17.6 Å². The summed E-state index contributed by atoms with van der Waals surface area (Å²) in [7, 11) is -3.46. The summed E-state index contributed by atoms with van der Waals surface area (Å²) >= 11 is 0. The van der Waals surface area contributed by atoms with Gasteiger partial charge in [0.05, 0.1) is 4.90 Å². The van der Waals surface area contributed by atoms with Gasteiger partial charge in [-0.3, -0.25) is 4.79 Å². The quantitative estimate of drug-likeness (QED) is 0.924. The molecule has 2 aromatic carbocycles. The largest absolute Gasteiger partial charge is 0.322 e. The van der Waals surface area contributed by atoms with Crippen LogP contribution in [0.1, 0.15) is 23.2 Å². The lowest BCUT2D eigenvalue weighted by Crippen LogP contribution is -2.27. The molecule has 126 valence electrons. The summed E-state index contributed by atoms with van der Waals surface area (Å²) in [5.41, 5.74) is 0.801. The van der Waals surface area contributed by atoms with E-state index in [4.69, 9.17) is 0 Å². The molecular formula is C17H17FN2O3S. The fraction of sp³-hybridized carbons (Fsp3) is 0.235. The first kappa shape index (κ1) is 16.6. The van der Waals surface area contributed by atoms with Crippen LogP contribution in [0.2, 0.25) is 0 Å². The van der Waals surface area contributed by atoms with Crippen LogP contribution in [-0.4, -0.2) is 31.7 Å². The Hall–Kier alpha value is -2.25. The van der Waals surface area contributed by atoms with Gasteiger partial charge in [0.1, 0.15) is 5.82 Å². The average molecular weight is 348 g/mol. The minimum atomic E-state index is -3.46. The van der Waals surface area contributed by atoms with Gasteiger partial charge in [0.15, 0.2) is 0 Å². The van der Waals surface area contributed by atoms with Gasteiger partial charge in [0.2, 0.25) is 10.0 Å². The summed E-state index contributed by atoms with van der Waals surface area (Å²) in [4.78, 5) is 12.3. The molecule has 0 bridgehead atoms. The maximum absolute atomic E-state index is 12.9. The molecule has 0 aromatic heterocycles. The van der Waals surface area contributed by atoms with E-state index in [1.54, 1.807) is 12.1 Å². The van der Waals surface area contributed by atoms with Crippen LogP contribution in [0.15, 0.2) is 53.4 Å². The Balaban J connectivity index is 1.72. The molecule has 24 heavy (non-hydrogen) atoms. The van der Waals surface area contributed by atoms with Crippen molar-refractivity contribution in [3.05, 3.63) is 59.9 Å². The molecule has 0 saturated carbocycles. The third-order valence-electron chi connectivity index (χ3n) is 3.92. The highest BCUT2D eigenvalue weighted by Crippen LogP contribution is 2.22. The molecule has 0 aliphatic carbocycles. The average Bonchev–Trinajstić information content (AvgIpc) is 3.11. The number of sulfonamides is 1. The van der Waals surface area contributed by atoms with Gasteiger partial charge in [-0.05, 0) is 61.4 Å². The highest BCUT2D eigenvalue weighted by Gasteiger charge is 2.26. The van der Waals surface area contributed by atoms with Crippen molar-refractivity contribution in [2.24, 2.45) is 0 Å². The predicted octanol–water partition coefficient (Wildman–Crippen LogP) is 2.86. The van der Waals surface area contributed by atoms with Crippen LogP contribution in [0.3, 0.4) is 0 Å². The zero-order valence-electron chi connectivity index (χ0n) is 12.9. The molecule has 2 aromatic rings. The Bertz CT molecular complexity index is 827. The molecule has 0 unspecified atom stereocenters. The molecular weight excluding hydrogens is 331 g/mol. The molecule has 0 radical (unpaired) electrons. The van der Waals surface area contributed by atoms with Crippen LogP contribution < -0.4 is 5.32 Å². The van der Waals surface area contributed by atoms with E-state index in [0.29, 0.717) is 24.3 Å². The molecule has 1 heterocycles. The fourth-order valence-electron chi connectivity index (χ4n) is 2.59. The SMILES string of the molecule is O=C(Nc1ccc(S(=O)(=O)N2CCCC2)cc1)c1ccc(F)cc1. The van der Waals surface area contributed by atoms with Gasteiger partial charge in [0, 0.05) is 24.3 Å². The van der Waals surface area contributed by atoms with Gasteiger partial charge < -0.3 is 5.32 Å². The van der Waals surface area contributed by atoms with Crippen LogP contribution in [0.4, 0.5) is 10.1 Å². The van der Waals surface area contributed by atoms with E-state index in [2.05, 4.69) is 5.32 Å². The summed E-state index contributed by atoms with van der Waals surface area (Å²) in [6, 6.07) is 11.2. The molecule has 1 fully saturated rings. The lowest BCUT2D eigenvalue weighted by molar-refractivity contribution is 0.102. The lowest BCUT2D eigenvalue weighted by atomic mass is 10.2. The van der Waals surface area contributed by atoms with Gasteiger partial charge in [-0.15, -0.1) is 0 Å². The van der Waals surface area contributed by atoms with Gasteiger partial charge in [0.25, 0.3) is 5.91 Å². The van der Waals surface area contributed by atoms with Crippen molar-refractivity contribution in [1.82, 2.24) is 4.31 Å². The summed E-state index contributed by atoms with van der Waals surface area (Å²) in [5.74, 6) is -0.798. The highest BCUT2D eigenvalue weighted by molar-refractivity contribution is 7.89. The van der Waals surface area contributed by atoms with Crippen molar-refractivity contribution in [2.75, 3.05) is 18.4 Å². The van der Waals surface area contributed by atoms with Crippen LogP contribution in [0, 0.1) is 5.82 Å². The first-order valence-corrected chi connectivity index (χ1v) is 9.08. The normalized spacial score (nSPS) is 15.4. The second-order valence-electron chi connectivity index (χ2n) is 5.60. The number of nitrogens with one attached hydrogen (secondary N) is 1. The number of hydrogen-bond donors (Lipinski definition) is 1. The third kappa shape index (κ3) is 3.47. The van der Waals surface area contributed by atoms with Gasteiger partial charge in [-0.1, -0.05) is 0 Å². The number of halogens is 1. The number of rotatable bonds is 4. The Morgan fingerprint density at radius 3 is 2.12 bits per heavy atom. The Labute approximate surface area is 140 Å². The van der Waals surface area contributed by atoms with Gasteiger partial charge in [-0.25, -0.2) is 12.8 Å². The van der Waals surface area contributed by atoms with Crippen LogP contribution >= 0.6 is 0 Å². The number of amides is 1. The van der Waals surface area contributed by atoms with Crippen LogP contribution in [0.5, 0.6) is 0 Å². The van der Waals surface area contributed by atoms with Gasteiger partial charge in [-0.2, -0.15) is 4.31 Å². The molecule has 1 N–H and O–H groups in total. The molecule has 7 heteroatoms. The van der Waals surface area contributed by atoms with E-state index < -0.39 is 15.8 Å². The Morgan fingerprint density at radius 1 is 0.958 bits per heavy atom. The molecule has 1 aliphatic rings. The van der Waals surface area contributed by atoms with Crippen molar-refractivity contribution in [2.45, 2.75) is 17.7 Å². The Morgan fingerprint density at radius 2 is 1.54 bits per heavy atom. The van der Waals surface area contributed by atoms with Crippen LogP contribution in [-0.2, 0) is 10.0 Å². The minimum absolute atomic E-state index is 0.212. The summed E-state index contributed by atoms with van der Waals surface area (Å²) < 4.78 is 39.2. The van der Waals surface area contributed by atoms with Crippen molar-refractivity contribution in [3.63, 3.8) is 0 Å². The molecule has 1 amide bonds. The third-order valence-corrected chi connectivity index (χ3v) is 5.83. The minimum Gasteiger partial charge on any atom is -0.322 e. The number of carbonyl (C=O) groups excluding carboxylic acids is 1. The number of benzene rings is 2. The molecule has 0 atom stereocenters. The molecule has 1 saturated heterocycles. The summed E-state index contributed by atoms with van der Waals surface area (Å²) in [5, 5.41) is 2.66. The van der Waals surface area contributed by atoms with Crippen molar-refractivity contribution < 1.29 is 17.6 Å². The predicted molar refractivity (Wildman–Crippen MR) is 88.8 cm³/mol. The van der Waals surface area contributed by atoms with E-state index >= 15 is 0 Å². The maximum atomic E-state index is 12.9. The number of hydrogen-bond acceptors (Lipinski definition) is 3. The summed E-state index contributed by atoms with van der Waals surface area (Å²) in [6.45, 7) is 1.09. The van der Waals surface area contributed by atoms with Crippen molar-refractivity contribution in [3.8, 4) is 0 Å². The van der Waals surface area contributed by atoms with Crippen molar-refractivity contribution >= 4 is 21.6 Å². The highest BCUT2D eigenvalue weighted by atomic mass is 32.2. The van der Waals surface area contributed by atoms with Gasteiger partial charge >= 0.3 is 0 Å². The molecule has 1 aliphatic heterocycles. The zero-order chi connectivity index (χ0) is 17.2. The Kier molecular flexibility index (Phi) is 4.64. The van der Waals surface area contributed by atoms with E-state index in [1.165, 1.54) is 40.7 Å². The van der Waals surface area contributed by atoms with E-state index in [1.807, 2.05) is 0 Å². The smallest absolute Gasteiger partial charge is 0.255 e. The van der Waals surface area contributed by atoms with E-state index in [0.717, 1.165) is 12.8 Å². The lowest BCUT2D eigenvalue weighted by Gasteiger charge is -2.15. The number of nitrogens with zero attached hydrogens (tertiary/aromatic N) is 1. The monoisotopic (exact) mass is 348 g/mol. The molecule has 5 nitrogen and oxygen atoms in total. The first-order valence-electron chi connectivity index (χ1n) is 7.64. The first-order chi connectivity index (χ1) is 11.5. The maximum Gasteiger partial charge on any atom is 0.255 e. The van der Waals surface area contributed by atoms with Crippen molar-refractivity contribution in [1.29, 1.82) is 0 Å². The second-order valence-corrected chi connectivity index (χ2v) is 7.53. The molecule has 0 spiro atoms. The second kappa shape index (κ2) is 6.70. The summed E-state index contributed by atoms with van der Waals surface area (Å²) in [6.07, 6.45) is 1.76. The van der Waals surface area contributed by atoms with Crippen LogP contribution in [0.25, 0.3) is 0 Å². The number of anilines is 1. The number of carbonyl (C=O) groups is 1. The molecule has 3 rings (SSSR count). The fourth-order valence-corrected chi connectivity index (χ4v) is 4.11. The standard InChI is InChI=1S/C17H17FN2O3S/c18-14-5-3-13(4-6-14)17(21)19-15-7-9-16(10-8-15)24(22,23)20-11-1-2-12-20/h3-10H,1-2,11-12H2,(H,19,21). The topological polar surface area (TPSA) is 66.5 Å². The van der Waals surface area contributed by atoms with E-state index in [-0.39, 0.29) is 10.8 Å².